The number of hydrogen-bond acceptors (Lipinski definition) is 9. The van der Waals surface area contributed by atoms with E-state index in [1.807, 2.05) is 0 Å². The zero-order valence-electron chi connectivity index (χ0n) is 17.1. The van der Waals surface area contributed by atoms with Gasteiger partial charge in [-0.05, 0) is 24.3 Å². The highest BCUT2D eigenvalue weighted by atomic mass is 35.5. The first-order chi connectivity index (χ1) is 15.9. The van der Waals surface area contributed by atoms with Gasteiger partial charge in [-0.3, -0.25) is 10.8 Å². The van der Waals surface area contributed by atoms with E-state index >= 15 is 0 Å². The number of fused-ring (bicyclic) bond motifs is 1. The molecule has 168 valence electrons. The molecule has 4 rings (SSSR count). The molecule has 2 heterocycles. The third-order valence-electron chi connectivity index (χ3n) is 4.75. The summed E-state index contributed by atoms with van der Waals surface area (Å²) in [7, 11) is 0. The molecule has 0 spiro atoms. The SMILES string of the molecule is N#C/C(=N\Nc1cc2c(Nc3ccc(F)c(Cl)c3)ncnc2cc1OC1CCOC1)C(=N)N. The maximum absolute atomic E-state index is 13.5. The summed E-state index contributed by atoms with van der Waals surface area (Å²) in [4.78, 5) is 8.59. The van der Waals surface area contributed by atoms with Crippen molar-refractivity contribution in [3.05, 3.63) is 47.5 Å². The highest BCUT2D eigenvalue weighted by Gasteiger charge is 2.20. The van der Waals surface area contributed by atoms with Crippen molar-refractivity contribution in [2.45, 2.75) is 12.5 Å². The largest absolute Gasteiger partial charge is 0.486 e. The molecule has 5 N–H and O–H groups in total. The van der Waals surface area contributed by atoms with Crippen LogP contribution in [0.15, 0.2) is 41.8 Å². The predicted octanol–water partition coefficient (Wildman–Crippen LogP) is 3.56. The van der Waals surface area contributed by atoms with Crippen molar-refractivity contribution in [1.82, 2.24) is 9.97 Å². The van der Waals surface area contributed by atoms with Crippen LogP contribution >= 0.6 is 11.6 Å². The van der Waals surface area contributed by atoms with Gasteiger partial charge in [-0.25, -0.2) is 14.4 Å². The second-order valence-electron chi connectivity index (χ2n) is 7.04. The van der Waals surface area contributed by atoms with E-state index < -0.39 is 11.7 Å². The van der Waals surface area contributed by atoms with Gasteiger partial charge in [0.1, 0.15) is 35.9 Å². The first-order valence-electron chi connectivity index (χ1n) is 9.78. The molecule has 0 radical (unpaired) electrons. The number of halogens is 2. The monoisotopic (exact) mass is 468 g/mol. The molecule has 3 aromatic rings. The number of nitrogens with one attached hydrogen (secondary N) is 3. The summed E-state index contributed by atoms with van der Waals surface area (Å²) in [5.41, 5.74) is 9.34. The summed E-state index contributed by atoms with van der Waals surface area (Å²) in [5.74, 6) is -0.151. The maximum atomic E-state index is 13.5. The third-order valence-corrected chi connectivity index (χ3v) is 5.04. The van der Waals surface area contributed by atoms with Crippen LogP contribution in [0.25, 0.3) is 10.9 Å². The fourth-order valence-electron chi connectivity index (χ4n) is 3.13. The van der Waals surface area contributed by atoms with Crippen molar-refractivity contribution in [1.29, 1.82) is 10.7 Å². The number of hydrogen-bond donors (Lipinski definition) is 4. The van der Waals surface area contributed by atoms with Gasteiger partial charge >= 0.3 is 0 Å². The molecule has 1 atom stereocenters. The van der Waals surface area contributed by atoms with Crippen LogP contribution in [0.4, 0.5) is 21.6 Å². The van der Waals surface area contributed by atoms with E-state index in [-0.39, 0.29) is 16.8 Å². The van der Waals surface area contributed by atoms with Gasteiger partial charge in [0.2, 0.25) is 5.71 Å². The Morgan fingerprint density at radius 3 is 2.91 bits per heavy atom. The van der Waals surface area contributed by atoms with Crippen LogP contribution in [0, 0.1) is 22.6 Å². The molecule has 33 heavy (non-hydrogen) atoms. The van der Waals surface area contributed by atoms with E-state index in [9.17, 15) is 4.39 Å². The Morgan fingerprint density at radius 2 is 2.21 bits per heavy atom. The fraction of sp³-hybridized carbons (Fsp3) is 0.190. The van der Waals surface area contributed by atoms with Crippen LogP contribution in [0.1, 0.15) is 6.42 Å². The van der Waals surface area contributed by atoms with Crippen LogP contribution in [0.2, 0.25) is 5.02 Å². The molecule has 0 saturated carbocycles. The van der Waals surface area contributed by atoms with Gasteiger partial charge in [0.25, 0.3) is 0 Å². The first kappa shape index (κ1) is 22.2. The number of benzene rings is 2. The summed E-state index contributed by atoms with van der Waals surface area (Å²) >= 11 is 5.88. The van der Waals surface area contributed by atoms with Crippen LogP contribution in [0.3, 0.4) is 0 Å². The van der Waals surface area contributed by atoms with Crippen molar-refractivity contribution >= 4 is 51.2 Å². The molecule has 1 unspecified atom stereocenters. The van der Waals surface area contributed by atoms with Gasteiger partial charge in [0.15, 0.2) is 5.84 Å². The molecule has 1 aliphatic heterocycles. The number of nitrogens with two attached hydrogens (primary N) is 1. The van der Waals surface area contributed by atoms with E-state index in [0.717, 1.165) is 6.42 Å². The fourth-order valence-corrected chi connectivity index (χ4v) is 3.31. The Balaban J connectivity index is 1.75. The Kier molecular flexibility index (Phi) is 6.48. The minimum atomic E-state index is -0.532. The number of amidine groups is 1. The molecule has 0 bridgehead atoms. The van der Waals surface area contributed by atoms with Crippen molar-refractivity contribution in [3.63, 3.8) is 0 Å². The molecular formula is C21H18ClFN8O2. The normalized spacial score (nSPS) is 15.8. The minimum absolute atomic E-state index is 0.0298. The topological polar surface area (TPSA) is 154 Å². The van der Waals surface area contributed by atoms with Crippen LogP contribution in [-0.4, -0.2) is 40.8 Å². The number of nitriles is 1. The summed E-state index contributed by atoms with van der Waals surface area (Å²) in [6, 6.07) is 9.36. The molecule has 1 aromatic heterocycles. The molecule has 0 amide bonds. The van der Waals surface area contributed by atoms with Gasteiger partial charge in [0, 0.05) is 23.6 Å². The molecule has 1 saturated heterocycles. The maximum Gasteiger partial charge on any atom is 0.201 e. The predicted molar refractivity (Wildman–Crippen MR) is 123 cm³/mol. The molecule has 10 nitrogen and oxygen atoms in total. The van der Waals surface area contributed by atoms with Crippen molar-refractivity contribution in [3.8, 4) is 11.8 Å². The van der Waals surface area contributed by atoms with E-state index in [1.54, 1.807) is 18.2 Å². The zero-order valence-corrected chi connectivity index (χ0v) is 17.9. The Bertz CT molecular complexity index is 1290. The lowest BCUT2D eigenvalue weighted by atomic mass is 10.2. The van der Waals surface area contributed by atoms with Crippen LogP contribution in [0.5, 0.6) is 5.75 Å². The van der Waals surface area contributed by atoms with Crippen LogP contribution < -0.4 is 21.2 Å². The lowest BCUT2D eigenvalue weighted by molar-refractivity contribution is 0.142. The van der Waals surface area contributed by atoms with E-state index in [2.05, 4.69) is 25.8 Å². The minimum Gasteiger partial charge on any atom is -0.486 e. The Labute approximate surface area is 192 Å². The van der Waals surface area contributed by atoms with Gasteiger partial charge in [-0.1, -0.05) is 11.6 Å². The second-order valence-corrected chi connectivity index (χ2v) is 7.45. The Hall–Kier alpha value is -4.01. The lowest BCUT2D eigenvalue weighted by Gasteiger charge is -2.17. The van der Waals surface area contributed by atoms with E-state index in [1.165, 1.54) is 24.5 Å². The van der Waals surface area contributed by atoms with Gasteiger partial charge < -0.3 is 20.5 Å². The van der Waals surface area contributed by atoms with Gasteiger partial charge in [-0.15, -0.1) is 0 Å². The zero-order chi connectivity index (χ0) is 23.4. The summed E-state index contributed by atoms with van der Waals surface area (Å²) in [6.07, 6.45) is 1.95. The molecule has 1 aliphatic rings. The molecule has 1 fully saturated rings. The van der Waals surface area contributed by atoms with Crippen molar-refractivity contribution in [2.24, 2.45) is 10.8 Å². The van der Waals surface area contributed by atoms with Gasteiger partial charge in [0.05, 0.1) is 29.4 Å². The number of rotatable bonds is 7. The average molecular weight is 469 g/mol. The molecule has 2 aromatic carbocycles. The number of anilines is 3. The van der Waals surface area contributed by atoms with E-state index in [4.69, 9.17) is 37.5 Å². The summed E-state index contributed by atoms with van der Waals surface area (Å²) in [5, 5.41) is 24.2. The molecular weight excluding hydrogens is 451 g/mol. The van der Waals surface area contributed by atoms with Crippen molar-refractivity contribution < 1.29 is 13.9 Å². The Morgan fingerprint density at radius 1 is 1.36 bits per heavy atom. The van der Waals surface area contributed by atoms with Gasteiger partial charge in [-0.2, -0.15) is 10.4 Å². The lowest BCUT2D eigenvalue weighted by Crippen LogP contribution is -2.22. The summed E-state index contributed by atoms with van der Waals surface area (Å²) < 4.78 is 25.0. The van der Waals surface area contributed by atoms with E-state index in [0.29, 0.717) is 47.1 Å². The highest BCUT2D eigenvalue weighted by molar-refractivity contribution is 6.45. The quantitative estimate of drug-likeness (QED) is 0.233. The number of ether oxygens (including phenoxy) is 2. The smallest absolute Gasteiger partial charge is 0.201 e. The molecule has 12 heteroatoms. The third kappa shape index (κ3) is 5.08. The van der Waals surface area contributed by atoms with Crippen LogP contribution in [-0.2, 0) is 4.74 Å². The standard InChI is InChI=1S/C21H18ClFN8O2/c22-14-5-11(1-2-15(14)23)29-21-13-6-17(30-31-18(8-24)20(25)26)19(7-16(13)27-10-28-21)33-12-3-4-32-9-12/h1-2,5-7,10,12,30H,3-4,9H2,(H3,25,26)(H,27,28,29)/b31-18+. The second kappa shape index (κ2) is 9.64. The summed E-state index contributed by atoms with van der Waals surface area (Å²) in [6.45, 7) is 1.04. The number of hydrazone groups is 1. The highest BCUT2D eigenvalue weighted by Crippen LogP contribution is 2.35. The molecule has 0 aliphatic carbocycles. The first-order valence-corrected chi connectivity index (χ1v) is 10.2. The average Bonchev–Trinajstić information content (AvgIpc) is 3.30. The number of aromatic nitrogens is 2. The number of nitrogens with zero attached hydrogens (tertiary/aromatic N) is 4. The van der Waals surface area contributed by atoms with Crippen molar-refractivity contribution in [2.75, 3.05) is 24.0 Å².